The summed E-state index contributed by atoms with van der Waals surface area (Å²) in [6.07, 6.45) is 0.317. The van der Waals surface area contributed by atoms with Gasteiger partial charge in [-0.05, 0) is 54.3 Å². The molecule has 3 rings (SSSR count). The first kappa shape index (κ1) is 20.8. The summed E-state index contributed by atoms with van der Waals surface area (Å²) in [5.74, 6) is -0.527. The summed E-state index contributed by atoms with van der Waals surface area (Å²) >= 11 is 1.35. The Morgan fingerprint density at radius 3 is 2.24 bits per heavy atom. The van der Waals surface area contributed by atoms with Crippen molar-refractivity contribution < 1.29 is 18.0 Å². The second-order valence-corrected chi connectivity index (χ2v) is 9.31. The molecule has 0 saturated carbocycles. The molecule has 1 aromatic heterocycles. The maximum Gasteiger partial charge on any atom is 0.265 e. The van der Waals surface area contributed by atoms with Crippen LogP contribution in [0.25, 0.3) is 0 Å². The number of carbonyl (C=O) groups is 2. The fraction of sp³-hybridized carbons (Fsp3) is 0.143. The van der Waals surface area contributed by atoms with Crippen molar-refractivity contribution in [3.63, 3.8) is 0 Å². The van der Waals surface area contributed by atoms with Crippen molar-refractivity contribution >= 4 is 38.7 Å². The zero-order valence-corrected chi connectivity index (χ0v) is 17.1. The first-order valence-electron chi connectivity index (χ1n) is 8.97. The Balaban J connectivity index is 1.46. The molecule has 3 aromatic rings. The predicted octanol–water partition coefficient (Wildman–Crippen LogP) is 3.59. The van der Waals surface area contributed by atoms with E-state index in [9.17, 15) is 18.0 Å². The van der Waals surface area contributed by atoms with Gasteiger partial charge in [0, 0.05) is 17.8 Å². The molecule has 2 amide bonds. The Kier molecular flexibility index (Phi) is 6.79. The van der Waals surface area contributed by atoms with Crippen molar-refractivity contribution in [2.45, 2.75) is 11.3 Å². The summed E-state index contributed by atoms with van der Waals surface area (Å²) in [5.41, 5.74) is 1.03. The SMILES string of the molecule is O=C(NCCCS(=O)(=O)c1ccccc1)c1ccc(NC(=O)c2cccs2)cc1. The van der Waals surface area contributed by atoms with Crippen LogP contribution < -0.4 is 10.6 Å². The largest absolute Gasteiger partial charge is 0.352 e. The number of hydrogen-bond acceptors (Lipinski definition) is 5. The number of thiophene rings is 1. The molecule has 150 valence electrons. The van der Waals surface area contributed by atoms with Crippen molar-refractivity contribution in [3.05, 3.63) is 82.6 Å². The number of hydrogen-bond donors (Lipinski definition) is 2. The molecule has 0 aliphatic carbocycles. The summed E-state index contributed by atoms with van der Waals surface area (Å²) in [7, 11) is -3.35. The fourth-order valence-electron chi connectivity index (χ4n) is 2.62. The third kappa shape index (κ3) is 5.75. The van der Waals surface area contributed by atoms with E-state index in [-0.39, 0.29) is 29.0 Å². The number of amides is 2. The highest BCUT2D eigenvalue weighted by Gasteiger charge is 2.14. The monoisotopic (exact) mass is 428 g/mol. The molecule has 29 heavy (non-hydrogen) atoms. The molecule has 0 aliphatic heterocycles. The van der Waals surface area contributed by atoms with Crippen LogP contribution in [0.3, 0.4) is 0 Å². The quantitative estimate of drug-likeness (QED) is 0.536. The molecule has 0 atom stereocenters. The Bertz CT molecular complexity index is 1060. The normalized spacial score (nSPS) is 11.0. The Morgan fingerprint density at radius 1 is 0.862 bits per heavy atom. The van der Waals surface area contributed by atoms with E-state index in [1.54, 1.807) is 66.7 Å². The van der Waals surface area contributed by atoms with Crippen LogP contribution in [0.2, 0.25) is 0 Å². The van der Waals surface area contributed by atoms with Gasteiger partial charge in [0.25, 0.3) is 11.8 Å². The third-order valence-corrected chi connectivity index (χ3v) is 6.81. The van der Waals surface area contributed by atoms with Gasteiger partial charge in [-0.2, -0.15) is 0 Å². The highest BCUT2D eigenvalue weighted by Crippen LogP contribution is 2.14. The zero-order chi connectivity index (χ0) is 20.7. The van der Waals surface area contributed by atoms with E-state index in [2.05, 4.69) is 10.6 Å². The lowest BCUT2D eigenvalue weighted by atomic mass is 10.2. The van der Waals surface area contributed by atoms with E-state index in [4.69, 9.17) is 0 Å². The van der Waals surface area contributed by atoms with Crippen molar-refractivity contribution in [1.82, 2.24) is 5.32 Å². The Morgan fingerprint density at radius 2 is 1.59 bits per heavy atom. The van der Waals surface area contributed by atoms with Crippen molar-refractivity contribution in [1.29, 1.82) is 0 Å². The lowest BCUT2D eigenvalue weighted by Crippen LogP contribution is -2.26. The fourth-order valence-corrected chi connectivity index (χ4v) is 4.57. The van der Waals surface area contributed by atoms with E-state index >= 15 is 0 Å². The van der Waals surface area contributed by atoms with Crippen LogP contribution in [-0.4, -0.2) is 32.5 Å². The van der Waals surface area contributed by atoms with Crippen LogP contribution in [0.1, 0.15) is 26.5 Å². The summed E-state index contributed by atoms with van der Waals surface area (Å²) in [6.45, 7) is 0.252. The van der Waals surface area contributed by atoms with Gasteiger partial charge in [-0.15, -0.1) is 11.3 Å². The van der Waals surface area contributed by atoms with E-state index in [1.807, 2.05) is 5.38 Å². The summed E-state index contributed by atoms with van der Waals surface area (Å²) in [6, 6.07) is 18.3. The first-order valence-corrected chi connectivity index (χ1v) is 11.5. The molecular weight excluding hydrogens is 408 g/mol. The summed E-state index contributed by atoms with van der Waals surface area (Å²) in [4.78, 5) is 25.1. The minimum absolute atomic E-state index is 0.0367. The second kappa shape index (κ2) is 9.49. The van der Waals surface area contributed by atoms with Gasteiger partial charge in [-0.25, -0.2) is 8.42 Å². The van der Waals surface area contributed by atoms with Gasteiger partial charge in [0.05, 0.1) is 15.5 Å². The van der Waals surface area contributed by atoms with E-state index < -0.39 is 9.84 Å². The third-order valence-electron chi connectivity index (χ3n) is 4.13. The van der Waals surface area contributed by atoms with Gasteiger partial charge in [0.2, 0.25) is 0 Å². The van der Waals surface area contributed by atoms with Gasteiger partial charge in [-0.1, -0.05) is 24.3 Å². The number of carbonyl (C=O) groups excluding carboxylic acids is 2. The molecule has 1 heterocycles. The van der Waals surface area contributed by atoms with Crippen LogP contribution in [0.15, 0.2) is 77.0 Å². The maximum atomic E-state index is 12.2. The van der Waals surface area contributed by atoms with E-state index in [1.165, 1.54) is 11.3 Å². The van der Waals surface area contributed by atoms with Crippen LogP contribution in [-0.2, 0) is 9.84 Å². The van der Waals surface area contributed by atoms with Crippen molar-refractivity contribution in [3.8, 4) is 0 Å². The molecule has 6 nitrogen and oxygen atoms in total. The lowest BCUT2D eigenvalue weighted by Gasteiger charge is -2.08. The van der Waals surface area contributed by atoms with Gasteiger partial charge >= 0.3 is 0 Å². The van der Waals surface area contributed by atoms with E-state index in [0.29, 0.717) is 22.5 Å². The standard InChI is InChI=1S/C21H20N2O4S2/c24-20(22-13-5-15-29(26,27)18-6-2-1-3-7-18)16-9-11-17(12-10-16)23-21(25)19-8-4-14-28-19/h1-4,6-12,14H,5,13,15H2,(H,22,24)(H,23,25). The van der Waals surface area contributed by atoms with E-state index in [0.717, 1.165) is 0 Å². The molecule has 0 saturated heterocycles. The van der Waals surface area contributed by atoms with Crippen LogP contribution in [0, 0.1) is 0 Å². The molecule has 0 unspecified atom stereocenters. The van der Waals surface area contributed by atoms with Gasteiger partial charge in [-0.3, -0.25) is 9.59 Å². The van der Waals surface area contributed by atoms with Crippen LogP contribution in [0.5, 0.6) is 0 Å². The topological polar surface area (TPSA) is 92.3 Å². The summed E-state index contributed by atoms with van der Waals surface area (Å²) in [5, 5.41) is 7.31. The van der Waals surface area contributed by atoms with Gasteiger partial charge in [0.1, 0.15) is 0 Å². The maximum absolute atomic E-state index is 12.2. The number of sulfone groups is 1. The summed E-state index contributed by atoms with van der Waals surface area (Å²) < 4.78 is 24.4. The molecule has 8 heteroatoms. The van der Waals surface area contributed by atoms with Gasteiger partial charge < -0.3 is 10.6 Å². The predicted molar refractivity (Wildman–Crippen MR) is 114 cm³/mol. The molecule has 0 fully saturated rings. The molecule has 0 bridgehead atoms. The number of anilines is 1. The van der Waals surface area contributed by atoms with Crippen LogP contribution >= 0.6 is 11.3 Å². The Hall–Kier alpha value is -2.97. The molecule has 2 N–H and O–H groups in total. The zero-order valence-electron chi connectivity index (χ0n) is 15.5. The smallest absolute Gasteiger partial charge is 0.265 e. The molecule has 0 radical (unpaired) electrons. The number of benzene rings is 2. The molecule has 0 aliphatic rings. The number of rotatable bonds is 8. The highest BCUT2D eigenvalue weighted by molar-refractivity contribution is 7.91. The molecular formula is C21H20N2O4S2. The molecule has 0 spiro atoms. The lowest BCUT2D eigenvalue weighted by molar-refractivity contribution is 0.0953. The van der Waals surface area contributed by atoms with Crippen LogP contribution in [0.4, 0.5) is 5.69 Å². The van der Waals surface area contributed by atoms with Crippen molar-refractivity contribution in [2.24, 2.45) is 0 Å². The van der Waals surface area contributed by atoms with Crippen molar-refractivity contribution in [2.75, 3.05) is 17.6 Å². The minimum Gasteiger partial charge on any atom is -0.352 e. The van der Waals surface area contributed by atoms with Gasteiger partial charge in [0.15, 0.2) is 9.84 Å². The number of nitrogens with one attached hydrogen (secondary N) is 2. The average molecular weight is 429 g/mol. The molecule has 2 aromatic carbocycles. The average Bonchev–Trinajstić information content (AvgIpc) is 3.27. The highest BCUT2D eigenvalue weighted by atomic mass is 32.2. The Labute approximate surface area is 173 Å². The minimum atomic E-state index is -3.35. The first-order chi connectivity index (χ1) is 14.0. The second-order valence-electron chi connectivity index (χ2n) is 6.25.